The van der Waals surface area contributed by atoms with E-state index in [1.807, 2.05) is 42.6 Å². The number of carbonyl (C=O) groups excluding carboxylic acids is 2. The molecule has 2 amide bonds. The second-order valence-electron chi connectivity index (χ2n) is 7.74. The molecular weight excluding hydrogens is 496 g/mol. The summed E-state index contributed by atoms with van der Waals surface area (Å²) >= 11 is 7.67. The van der Waals surface area contributed by atoms with Crippen LogP contribution < -0.4 is 20.1 Å². The van der Waals surface area contributed by atoms with Crippen LogP contribution in [0.15, 0.2) is 89.9 Å². The van der Waals surface area contributed by atoms with Gasteiger partial charge in [-0.3, -0.25) is 9.59 Å². The van der Waals surface area contributed by atoms with Crippen molar-refractivity contribution in [3.63, 3.8) is 0 Å². The summed E-state index contributed by atoms with van der Waals surface area (Å²) in [6.45, 7) is 1.90. The van der Waals surface area contributed by atoms with E-state index >= 15 is 0 Å². The normalized spacial score (nSPS) is 11.0. The highest BCUT2D eigenvalue weighted by atomic mass is 35.5. The van der Waals surface area contributed by atoms with Crippen LogP contribution in [0.1, 0.15) is 20.8 Å². The molecule has 1 heterocycles. The van der Waals surface area contributed by atoms with Crippen LogP contribution in [-0.2, 0) is 4.79 Å². The molecule has 0 atom stereocenters. The number of methoxy groups -OCH3 is 1. The first kappa shape index (κ1) is 25.0. The van der Waals surface area contributed by atoms with Crippen molar-refractivity contribution in [1.29, 1.82) is 0 Å². The van der Waals surface area contributed by atoms with Crippen molar-refractivity contribution in [2.75, 3.05) is 12.4 Å². The number of rotatable bonds is 8. The van der Waals surface area contributed by atoms with Crippen LogP contribution in [0, 0.1) is 6.92 Å². The number of para-hydroxylation sites is 2. The lowest BCUT2D eigenvalue weighted by Crippen LogP contribution is -2.30. The smallest absolute Gasteiger partial charge is 0.272 e. The SMILES string of the molecule is COc1ccccc1Oc1ccc(Cl)cc1NC(=O)/C(=C/c1cccs1)NC(=O)c1cccc(C)c1. The molecule has 0 saturated carbocycles. The number of benzene rings is 3. The summed E-state index contributed by atoms with van der Waals surface area (Å²) in [7, 11) is 1.55. The van der Waals surface area contributed by atoms with E-state index in [0.717, 1.165) is 10.4 Å². The number of hydrogen-bond donors (Lipinski definition) is 2. The summed E-state index contributed by atoms with van der Waals surface area (Å²) in [5.74, 6) is 0.441. The predicted octanol–water partition coefficient (Wildman–Crippen LogP) is 6.92. The molecule has 4 aromatic rings. The predicted molar refractivity (Wildman–Crippen MR) is 144 cm³/mol. The Kier molecular flexibility index (Phi) is 8.05. The van der Waals surface area contributed by atoms with Crippen molar-refractivity contribution in [3.8, 4) is 17.2 Å². The minimum atomic E-state index is -0.531. The first-order valence-corrected chi connectivity index (χ1v) is 12.2. The zero-order valence-electron chi connectivity index (χ0n) is 19.6. The molecule has 0 bridgehead atoms. The van der Waals surface area contributed by atoms with E-state index in [1.54, 1.807) is 61.7 Å². The zero-order chi connectivity index (χ0) is 25.5. The van der Waals surface area contributed by atoms with Crippen molar-refractivity contribution in [3.05, 3.63) is 111 Å². The molecule has 0 aliphatic rings. The molecule has 0 saturated heterocycles. The van der Waals surface area contributed by atoms with E-state index in [4.69, 9.17) is 21.1 Å². The van der Waals surface area contributed by atoms with Crippen LogP contribution in [0.25, 0.3) is 6.08 Å². The van der Waals surface area contributed by atoms with Gasteiger partial charge in [0.15, 0.2) is 17.2 Å². The molecular formula is C28H23ClN2O4S. The molecule has 36 heavy (non-hydrogen) atoms. The Hall–Kier alpha value is -4.07. The van der Waals surface area contributed by atoms with Crippen LogP contribution in [0.5, 0.6) is 17.2 Å². The van der Waals surface area contributed by atoms with Gasteiger partial charge in [0.05, 0.1) is 12.8 Å². The Bertz CT molecular complexity index is 1420. The summed E-state index contributed by atoms with van der Waals surface area (Å²) in [5, 5.41) is 7.86. The Morgan fingerprint density at radius 3 is 2.44 bits per heavy atom. The lowest BCUT2D eigenvalue weighted by atomic mass is 10.1. The molecule has 0 radical (unpaired) electrons. The number of ether oxygens (including phenoxy) is 2. The largest absolute Gasteiger partial charge is 0.493 e. The molecule has 0 aliphatic carbocycles. The van der Waals surface area contributed by atoms with Gasteiger partial charge in [-0.1, -0.05) is 47.5 Å². The molecule has 6 nitrogen and oxygen atoms in total. The molecule has 1 aromatic heterocycles. The fraction of sp³-hybridized carbons (Fsp3) is 0.0714. The third-order valence-electron chi connectivity index (χ3n) is 5.08. The van der Waals surface area contributed by atoms with Gasteiger partial charge >= 0.3 is 0 Å². The Labute approximate surface area is 218 Å². The van der Waals surface area contributed by atoms with E-state index in [2.05, 4.69) is 10.6 Å². The lowest BCUT2D eigenvalue weighted by Gasteiger charge is -2.16. The van der Waals surface area contributed by atoms with Gasteiger partial charge in [0.2, 0.25) is 0 Å². The molecule has 4 rings (SSSR count). The first-order valence-electron chi connectivity index (χ1n) is 11.0. The third kappa shape index (κ3) is 6.33. The Morgan fingerprint density at radius 1 is 0.917 bits per heavy atom. The zero-order valence-corrected chi connectivity index (χ0v) is 21.2. The molecule has 2 N–H and O–H groups in total. The third-order valence-corrected chi connectivity index (χ3v) is 6.14. The average Bonchev–Trinajstić information content (AvgIpc) is 3.38. The number of thiophene rings is 1. The molecule has 0 fully saturated rings. The fourth-order valence-electron chi connectivity index (χ4n) is 3.35. The van der Waals surface area contributed by atoms with Gasteiger partial charge in [0.25, 0.3) is 11.8 Å². The number of anilines is 1. The summed E-state index contributed by atoms with van der Waals surface area (Å²) < 4.78 is 11.4. The van der Waals surface area contributed by atoms with Gasteiger partial charge in [0.1, 0.15) is 5.70 Å². The number of hydrogen-bond acceptors (Lipinski definition) is 5. The number of aryl methyl sites for hydroxylation is 1. The van der Waals surface area contributed by atoms with E-state index in [0.29, 0.717) is 33.5 Å². The Balaban J connectivity index is 1.63. The van der Waals surface area contributed by atoms with Crippen LogP contribution in [0.4, 0.5) is 5.69 Å². The number of carbonyl (C=O) groups is 2. The second kappa shape index (κ2) is 11.6. The maximum Gasteiger partial charge on any atom is 0.272 e. The van der Waals surface area contributed by atoms with Gasteiger partial charge in [-0.2, -0.15) is 0 Å². The molecule has 0 unspecified atom stereocenters. The van der Waals surface area contributed by atoms with Gasteiger partial charge < -0.3 is 20.1 Å². The topological polar surface area (TPSA) is 76.7 Å². The summed E-state index contributed by atoms with van der Waals surface area (Å²) in [6.07, 6.45) is 1.62. The van der Waals surface area contributed by atoms with Gasteiger partial charge in [-0.15, -0.1) is 11.3 Å². The fourth-order valence-corrected chi connectivity index (χ4v) is 4.18. The maximum atomic E-state index is 13.4. The molecule has 3 aromatic carbocycles. The molecule has 0 spiro atoms. The number of nitrogens with one attached hydrogen (secondary N) is 2. The highest BCUT2D eigenvalue weighted by Crippen LogP contribution is 2.36. The van der Waals surface area contributed by atoms with Crippen LogP contribution >= 0.6 is 22.9 Å². The monoisotopic (exact) mass is 518 g/mol. The first-order chi connectivity index (χ1) is 17.4. The Morgan fingerprint density at radius 2 is 1.72 bits per heavy atom. The van der Waals surface area contributed by atoms with Gasteiger partial charge in [-0.05, 0) is 66.9 Å². The standard InChI is InChI=1S/C28H23ClN2O4S/c1-18-7-5-8-19(15-18)27(32)31-23(17-21-9-6-14-36-21)28(33)30-22-16-20(29)12-13-24(22)35-26-11-4-3-10-25(26)34-2/h3-17H,1-2H3,(H,30,33)(H,31,32)/b23-17-. The van der Waals surface area contributed by atoms with Crippen LogP contribution in [0.2, 0.25) is 5.02 Å². The lowest BCUT2D eigenvalue weighted by molar-refractivity contribution is -0.113. The maximum absolute atomic E-state index is 13.4. The van der Waals surface area contributed by atoms with Crippen molar-refractivity contribution < 1.29 is 19.1 Å². The minimum absolute atomic E-state index is 0.0761. The van der Waals surface area contributed by atoms with E-state index in [-0.39, 0.29) is 5.70 Å². The van der Waals surface area contributed by atoms with Crippen molar-refractivity contribution in [2.45, 2.75) is 6.92 Å². The molecule has 8 heteroatoms. The van der Waals surface area contributed by atoms with Gasteiger partial charge in [0, 0.05) is 15.5 Å². The van der Waals surface area contributed by atoms with E-state index < -0.39 is 11.8 Å². The van der Waals surface area contributed by atoms with Crippen molar-refractivity contribution >= 4 is 46.5 Å². The van der Waals surface area contributed by atoms with Gasteiger partial charge in [-0.25, -0.2) is 0 Å². The highest BCUT2D eigenvalue weighted by Gasteiger charge is 2.18. The quantitative estimate of drug-likeness (QED) is 0.248. The van der Waals surface area contributed by atoms with E-state index in [9.17, 15) is 9.59 Å². The number of amides is 2. The summed E-state index contributed by atoms with van der Waals surface area (Å²) in [6, 6.07) is 22.9. The van der Waals surface area contributed by atoms with Crippen LogP contribution in [0.3, 0.4) is 0 Å². The van der Waals surface area contributed by atoms with Crippen molar-refractivity contribution in [2.24, 2.45) is 0 Å². The van der Waals surface area contributed by atoms with Crippen molar-refractivity contribution in [1.82, 2.24) is 5.32 Å². The summed E-state index contributed by atoms with van der Waals surface area (Å²) in [4.78, 5) is 27.1. The highest BCUT2D eigenvalue weighted by molar-refractivity contribution is 7.10. The number of halogens is 1. The second-order valence-corrected chi connectivity index (χ2v) is 9.16. The van der Waals surface area contributed by atoms with Crippen LogP contribution in [-0.4, -0.2) is 18.9 Å². The average molecular weight is 519 g/mol. The summed E-state index contributed by atoms with van der Waals surface area (Å²) in [5.41, 5.74) is 1.79. The van der Waals surface area contributed by atoms with E-state index in [1.165, 1.54) is 11.3 Å². The molecule has 182 valence electrons. The minimum Gasteiger partial charge on any atom is -0.493 e. The molecule has 0 aliphatic heterocycles.